The summed E-state index contributed by atoms with van der Waals surface area (Å²) in [5.74, 6) is 0. The molecule has 0 amide bonds. The highest BCUT2D eigenvalue weighted by molar-refractivity contribution is 6.60. The molecule has 0 saturated carbocycles. The first-order chi connectivity index (χ1) is 8.14. The van der Waals surface area contributed by atoms with Crippen LogP contribution >= 0.6 is 0 Å². The van der Waals surface area contributed by atoms with Crippen LogP contribution < -0.4 is 5.66 Å². The highest BCUT2D eigenvalue weighted by Crippen LogP contribution is 2.22. The molecule has 2 heterocycles. The summed E-state index contributed by atoms with van der Waals surface area (Å²) in [4.78, 5) is 0. The molecule has 1 aromatic heterocycles. The van der Waals surface area contributed by atoms with Crippen molar-refractivity contribution < 1.29 is 13.7 Å². The second kappa shape index (κ2) is 3.89. The summed E-state index contributed by atoms with van der Waals surface area (Å²) in [7, 11) is -0.365. The predicted molar refractivity (Wildman–Crippen MR) is 67.3 cm³/mol. The van der Waals surface area contributed by atoms with E-state index in [4.69, 9.17) is 13.7 Å². The van der Waals surface area contributed by atoms with Gasteiger partial charge < -0.3 is 13.7 Å². The minimum absolute atomic E-state index is 0.0858. The van der Waals surface area contributed by atoms with E-state index in [0.29, 0.717) is 13.2 Å². The Morgan fingerprint density at radius 2 is 1.82 bits per heavy atom. The summed E-state index contributed by atoms with van der Waals surface area (Å²) in [5, 5.41) is 1.08. The van der Waals surface area contributed by atoms with Crippen molar-refractivity contribution in [2.75, 3.05) is 13.2 Å². The van der Waals surface area contributed by atoms with E-state index >= 15 is 0 Å². The predicted octanol–water partition coefficient (Wildman–Crippen LogP) is 2.20. The van der Waals surface area contributed by atoms with Gasteiger partial charge in [-0.05, 0) is 12.1 Å². The van der Waals surface area contributed by atoms with E-state index in [1.165, 1.54) is 0 Å². The maximum absolute atomic E-state index is 5.73. The summed E-state index contributed by atoms with van der Waals surface area (Å²) >= 11 is 0. The molecule has 4 heteroatoms. The number of furan rings is 1. The van der Waals surface area contributed by atoms with Gasteiger partial charge in [-0.15, -0.1) is 0 Å². The van der Waals surface area contributed by atoms with E-state index in [9.17, 15) is 0 Å². The van der Waals surface area contributed by atoms with Crippen molar-refractivity contribution in [2.24, 2.45) is 5.41 Å². The summed E-state index contributed by atoms with van der Waals surface area (Å²) in [5.41, 5.74) is 1.71. The average molecular weight is 230 g/mol. The molecule has 2 aromatic rings. The summed E-state index contributed by atoms with van der Waals surface area (Å²) in [6.07, 6.45) is 0. The first-order valence-corrected chi connectivity index (χ1v) is 5.86. The fourth-order valence-electron chi connectivity index (χ4n) is 1.98. The van der Waals surface area contributed by atoms with Gasteiger partial charge in [-0.25, -0.2) is 0 Å². The van der Waals surface area contributed by atoms with Crippen molar-refractivity contribution in [1.82, 2.24) is 0 Å². The van der Waals surface area contributed by atoms with E-state index < -0.39 is 0 Å². The molecule has 0 atom stereocenters. The molecule has 88 valence electrons. The van der Waals surface area contributed by atoms with Crippen molar-refractivity contribution in [3.8, 4) is 0 Å². The third-order valence-electron chi connectivity index (χ3n) is 2.93. The van der Waals surface area contributed by atoms with E-state index in [2.05, 4.69) is 13.8 Å². The van der Waals surface area contributed by atoms with Crippen LogP contribution in [0.1, 0.15) is 13.8 Å². The second-order valence-electron chi connectivity index (χ2n) is 5.30. The van der Waals surface area contributed by atoms with E-state index in [1.807, 2.05) is 30.3 Å². The van der Waals surface area contributed by atoms with Crippen LogP contribution in [0, 0.1) is 5.41 Å². The highest BCUT2D eigenvalue weighted by Gasteiger charge is 2.35. The van der Waals surface area contributed by atoms with Gasteiger partial charge in [0.2, 0.25) is 0 Å². The number of rotatable bonds is 1. The van der Waals surface area contributed by atoms with Crippen molar-refractivity contribution >= 4 is 23.7 Å². The molecule has 3 rings (SSSR count). The van der Waals surface area contributed by atoms with Gasteiger partial charge in [-0.2, -0.15) is 0 Å². The molecular weight excluding hydrogens is 215 g/mol. The van der Waals surface area contributed by atoms with Crippen molar-refractivity contribution in [1.29, 1.82) is 0 Å². The van der Waals surface area contributed by atoms with Gasteiger partial charge >= 0.3 is 7.12 Å². The molecule has 1 aliphatic rings. The SMILES string of the molecule is CC1(C)COB(c2cc3ccccc3o2)OC1. The number of hydrogen-bond donors (Lipinski definition) is 0. The number of hydrogen-bond acceptors (Lipinski definition) is 3. The standard InChI is InChI=1S/C13H15BO3/c1-13(2)8-15-14(16-9-13)12-7-10-5-3-4-6-11(10)17-12/h3-7H,8-9H2,1-2H3. The van der Waals surface area contributed by atoms with E-state index in [-0.39, 0.29) is 12.5 Å². The van der Waals surface area contributed by atoms with Crippen LogP contribution in [-0.2, 0) is 9.31 Å². The molecule has 0 unspecified atom stereocenters. The lowest BCUT2D eigenvalue weighted by atomic mass is 9.81. The quantitative estimate of drug-likeness (QED) is 0.704. The lowest BCUT2D eigenvalue weighted by Gasteiger charge is -2.32. The molecule has 1 saturated heterocycles. The van der Waals surface area contributed by atoms with Gasteiger partial charge in [0.15, 0.2) is 0 Å². The fraction of sp³-hybridized carbons (Fsp3) is 0.385. The normalized spacial score (nSPS) is 19.8. The van der Waals surface area contributed by atoms with Crippen LogP contribution in [0.4, 0.5) is 0 Å². The Kier molecular flexibility index (Phi) is 2.49. The van der Waals surface area contributed by atoms with Crippen LogP contribution in [-0.4, -0.2) is 20.3 Å². The zero-order chi connectivity index (χ0) is 11.9. The Hall–Kier alpha value is -1.26. The van der Waals surface area contributed by atoms with Crippen LogP contribution in [0.15, 0.2) is 34.7 Å². The molecule has 17 heavy (non-hydrogen) atoms. The summed E-state index contributed by atoms with van der Waals surface area (Å²) in [6, 6.07) is 9.91. The van der Waals surface area contributed by atoms with Crippen LogP contribution in [0.2, 0.25) is 0 Å². The van der Waals surface area contributed by atoms with E-state index in [0.717, 1.165) is 16.6 Å². The maximum Gasteiger partial charge on any atom is 0.531 e. The molecule has 0 spiro atoms. The Labute approximate surface area is 101 Å². The number of benzene rings is 1. The zero-order valence-electron chi connectivity index (χ0n) is 10.1. The Morgan fingerprint density at radius 3 is 2.53 bits per heavy atom. The highest BCUT2D eigenvalue weighted by atomic mass is 16.6. The number of fused-ring (bicyclic) bond motifs is 1. The van der Waals surface area contributed by atoms with Gasteiger partial charge in [-0.3, -0.25) is 0 Å². The van der Waals surface area contributed by atoms with Crippen molar-refractivity contribution in [2.45, 2.75) is 13.8 Å². The Morgan fingerprint density at radius 1 is 1.12 bits per heavy atom. The van der Waals surface area contributed by atoms with Crippen LogP contribution in [0.5, 0.6) is 0 Å². The van der Waals surface area contributed by atoms with Gasteiger partial charge in [0.05, 0.1) is 0 Å². The molecule has 0 radical (unpaired) electrons. The fourth-order valence-corrected chi connectivity index (χ4v) is 1.98. The molecule has 3 nitrogen and oxygen atoms in total. The topological polar surface area (TPSA) is 31.6 Å². The Balaban J connectivity index is 1.85. The minimum atomic E-state index is -0.365. The summed E-state index contributed by atoms with van der Waals surface area (Å²) < 4.78 is 17.1. The monoisotopic (exact) mass is 230 g/mol. The largest absolute Gasteiger partial charge is 0.531 e. The van der Waals surface area contributed by atoms with Crippen molar-refractivity contribution in [3.63, 3.8) is 0 Å². The van der Waals surface area contributed by atoms with Gasteiger partial charge in [0.25, 0.3) is 0 Å². The van der Waals surface area contributed by atoms with E-state index in [1.54, 1.807) is 0 Å². The molecule has 0 aliphatic carbocycles. The maximum atomic E-state index is 5.73. The van der Waals surface area contributed by atoms with Gasteiger partial charge in [0, 0.05) is 24.0 Å². The zero-order valence-corrected chi connectivity index (χ0v) is 10.1. The first-order valence-electron chi connectivity index (χ1n) is 5.86. The molecule has 0 N–H and O–H groups in total. The molecule has 0 bridgehead atoms. The lowest BCUT2D eigenvalue weighted by molar-refractivity contribution is 0.0327. The second-order valence-corrected chi connectivity index (χ2v) is 5.30. The minimum Gasteiger partial charge on any atom is -0.465 e. The molecular formula is C13H15BO3. The van der Waals surface area contributed by atoms with Crippen LogP contribution in [0.3, 0.4) is 0 Å². The molecule has 1 fully saturated rings. The first kappa shape index (κ1) is 10.9. The third-order valence-corrected chi connectivity index (χ3v) is 2.93. The van der Waals surface area contributed by atoms with Crippen LogP contribution in [0.25, 0.3) is 11.0 Å². The van der Waals surface area contributed by atoms with Crippen molar-refractivity contribution in [3.05, 3.63) is 30.3 Å². The smallest absolute Gasteiger partial charge is 0.465 e. The van der Waals surface area contributed by atoms with Gasteiger partial charge in [0.1, 0.15) is 11.2 Å². The molecule has 1 aromatic carbocycles. The third kappa shape index (κ3) is 2.10. The number of para-hydroxylation sites is 1. The average Bonchev–Trinajstić information content (AvgIpc) is 2.72. The lowest BCUT2D eigenvalue weighted by Crippen LogP contribution is -2.46. The molecule has 1 aliphatic heterocycles. The van der Waals surface area contributed by atoms with Gasteiger partial charge in [-0.1, -0.05) is 32.0 Å². The Bertz CT molecular complexity index is 489. The summed E-state index contributed by atoms with van der Waals surface area (Å²) in [6.45, 7) is 5.63.